The molecule has 0 amide bonds. The first-order valence-corrected chi connectivity index (χ1v) is 8.40. The van der Waals surface area contributed by atoms with Gasteiger partial charge in [-0.1, -0.05) is 42.5 Å². The van der Waals surface area contributed by atoms with Crippen molar-refractivity contribution in [2.24, 2.45) is 0 Å². The molecule has 0 radical (unpaired) electrons. The average molecular weight is 332 g/mol. The van der Waals surface area contributed by atoms with Crippen LogP contribution in [0.4, 0.5) is 0 Å². The highest BCUT2D eigenvalue weighted by Gasteiger charge is 2.29. The van der Waals surface area contributed by atoms with Crippen molar-refractivity contribution in [3.63, 3.8) is 0 Å². The Morgan fingerprint density at radius 1 is 1.35 bits per heavy atom. The number of aryl methyl sites for hydroxylation is 1. The number of hydrogen-bond acceptors (Lipinski definition) is 6. The normalized spacial score (nSPS) is 13.0. The average Bonchev–Trinajstić information content (AvgIpc) is 3.12. The second kappa shape index (κ2) is 6.66. The molecular weight excluding hydrogens is 312 g/mol. The van der Waals surface area contributed by atoms with E-state index in [1.807, 2.05) is 12.1 Å². The monoisotopic (exact) mass is 332 g/mol. The zero-order valence-electron chi connectivity index (χ0n) is 13.2. The Balaban J connectivity index is 2.16. The molecule has 2 aromatic heterocycles. The molecule has 0 saturated heterocycles. The van der Waals surface area contributed by atoms with Gasteiger partial charge in [0, 0.05) is 6.54 Å². The largest absolute Gasteiger partial charge is 0.492 e. The summed E-state index contributed by atoms with van der Waals surface area (Å²) >= 11 is 1.43. The summed E-state index contributed by atoms with van der Waals surface area (Å²) in [6.07, 6.45) is 1.43. The third kappa shape index (κ3) is 2.83. The van der Waals surface area contributed by atoms with Crippen LogP contribution in [0, 0.1) is 6.92 Å². The minimum Gasteiger partial charge on any atom is -0.492 e. The summed E-state index contributed by atoms with van der Waals surface area (Å²) in [7, 11) is 0. The van der Waals surface area contributed by atoms with Crippen LogP contribution in [0.3, 0.4) is 0 Å². The number of aromatic hydroxyl groups is 1. The van der Waals surface area contributed by atoms with Crippen LogP contribution in [0.15, 0.2) is 30.6 Å². The van der Waals surface area contributed by atoms with Crippen molar-refractivity contribution in [2.45, 2.75) is 19.9 Å². The standard InChI is InChI=1S/C16H20N4O2S/c1-3-19(8-9-21)13(12-7-5-4-6-11(12)2)14-15(22)20-16(23-14)17-10-18-20/h4-7,10,13,21-22H,3,8-9H2,1-2H3. The lowest BCUT2D eigenvalue weighted by Gasteiger charge is -2.30. The third-order valence-electron chi connectivity index (χ3n) is 4.03. The maximum Gasteiger partial charge on any atom is 0.230 e. The highest BCUT2D eigenvalue weighted by Crippen LogP contribution is 2.40. The Morgan fingerprint density at radius 2 is 2.13 bits per heavy atom. The molecule has 0 aliphatic rings. The van der Waals surface area contributed by atoms with Crippen molar-refractivity contribution in [3.05, 3.63) is 46.6 Å². The molecule has 0 saturated carbocycles. The van der Waals surface area contributed by atoms with Gasteiger partial charge in [-0.2, -0.15) is 9.61 Å². The van der Waals surface area contributed by atoms with Gasteiger partial charge in [-0.3, -0.25) is 4.90 Å². The molecule has 3 rings (SSSR count). The summed E-state index contributed by atoms with van der Waals surface area (Å²) in [5, 5.41) is 24.1. The summed E-state index contributed by atoms with van der Waals surface area (Å²) in [6.45, 7) is 5.46. The van der Waals surface area contributed by atoms with Gasteiger partial charge in [-0.25, -0.2) is 4.98 Å². The van der Waals surface area contributed by atoms with E-state index in [9.17, 15) is 10.2 Å². The van der Waals surface area contributed by atoms with E-state index in [1.54, 1.807) is 0 Å². The molecule has 1 unspecified atom stereocenters. The SMILES string of the molecule is CCN(CCO)C(c1ccccc1C)c1sc2ncnn2c1O. The first-order valence-electron chi connectivity index (χ1n) is 7.59. The molecule has 2 heterocycles. The number of hydrogen-bond donors (Lipinski definition) is 2. The van der Waals surface area contributed by atoms with E-state index < -0.39 is 0 Å². The smallest absolute Gasteiger partial charge is 0.230 e. The van der Waals surface area contributed by atoms with Gasteiger partial charge in [0.1, 0.15) is 6.33 Å². The number of rotatable bonds is 6. The minimum atomic E-state index is -0.137. The van der Waals surface area contributed by atoms with E-state index in [4.69, 9.17) is 0 Å². The lowest BCUT2D eigenvalue weighted by molar-refractivity contribution is 0.174. The molecule has 0 bridgehead atoms. The Hall–Kier alpha value is -1.96. The summed E-state index contributed by atoms with van der Waals surface area (Å²) in [5.74, 6) is 0.118. The van der Waals surface area contributed by atoms with Gasteiger partial charge in [0.25, 0.3) is 0 Å². The molecule has 0 spiro atoms. The quantitative estimate of drug-likeness (QED) is 0.724. The zero-order valence-corrected chi connectivity index (χ0v) is 14.0. The second-order valence-electron chi connectivity index (χ2n) is 5.36. The number of fused-ring (bicyclic) bond motifs is 1. The molecule has 2 N–H and O–H groups in total. The van der Waals surface area contributed by atoms with E-state index in [2.05, 4.69) is 41.0 Å². The van der Waals surface area contributed by atoms with Crippen molar-refractivity contribution in [2.75, 3.05) is 19.7 Å². The number of benzene rings is 1. The molecule has 1 aromatic carbocycles. The van der Waals surface area contributed by atoms with Crippen molar-refractivity contribution < 1.29 is 10.2 Å². The maximum absolute atomic E-state index is 10.6. The predicted octanol–water partition coefficient (Wildman–Crippen LogP) is 2.21. The first-order chi connectivity index (χ1) is 11.2. The van der Waals surface area contributed by atoms with Crippen LogP contribution >= 0.6 is 11.3 Å². The van der Waals surface area contributed by atoms with Crippen LogP contribution in [0.2, 0.25) is 0 Å². The van der Waals surface area contributed by atoms with E-state index in [0.29, 0.717) is 11.5 Å². The van der Waals surface area contributed by atoms with Gasteiger partial charge in [0.05, 0.1) is 17.5 Å². The van der Waals surface area contributed by atoms with Crippen LogP contribution in [-0.4, -0.2) is 49.4 Å². The predicted molar refractivity (Wildman–Crippen MR) is 89.9 cm³/mol. The fraction of sp³-hybridized carbons (Fsp3) is 0.375. The summed E-state index contributed by atoms with van der Waals surface area (Å²) in [4.78, 5) is 7.78. The highest BCUT2D eigenvalue weighted by atomic mass is 32.1. The lowest BCUT2D eigenvalue weighted by Crippen LogP contribution is -2.32. The Morgan fingerprint density at radius 3 is 2.78 bits per heavy atom. The van der Waals surface area contributed by atoms with Crippen molar-refractivity contribution in [3.8, 4) is 5.88 Å². The molecule has 0 aliphatic carbocycles. The number of aliphatic hydroxyl groups excluding tert-OH is 1. The molecule has 23 heavy (non-hydrogen) atoms. The van der Waals surface area contributed by atoms with Crippen LogP contribution in [-0.2, 0) is 0 Å². The zero-order chi connectivity index (χ0) is 16.4. The van der Waals surface area contributed by atoms with Gasteiger partial charge in [0.15, 0.2) is 0 Å². The molecule has 0 aliphatic heterocycles. The van der Waals surface area contributed by atoms with Gasteiger partial charge in [0.2, 0.25) is 10.8 Å². The van der Waals surface area contributed by atoms with E-state index in [1.165, 1.54) is 22.2 Å². The molecule has 1 atom stereocenters. The minimum absolute atomic E-state index is 0.0672. The maximum atomic E-state index is 10.6. The fourth-order valence-electron chi connectivity index (χ4n) is 2.87. The fourth-order valence-corrected chi connectivity index (χ4v) is 3.95. The molecule has 122 valence electrons. The topological polar surface area (TPSA) is 73.9 Å². The molecule has 0 fully saturated rings. The Labute approximate surface area is 138 Å². The summed E-state index contributed by atoms with van der Waals surface area (Å²) in [5.41, 5.74) is 2.26. The number of thiazole rings is 1. The highest BCUT2D eigenvalue weighted by molar-refractivity contribution is 7.17. The van der Waals surface area contributed by atoms with E-state index in [-0.39, 0.29) is 18.5 Å². The number of likely N-dealkylation sites (N-methyl/N-ethyl adjacent to an activating group) is 1. The Kier molecular flexibility index (Phi) is 4.61. The van der Waals surface area contributed by atoms with Crippen molar-refractivity contribution in [1.82, 2.24) is 19.5 Å². The van der Waals surface area contributed by atoms with E-state index in [0.717, 1.165) is 22.5 Å². The van der Waals surface area contributed by atoms with Gasteiger partial charge in [-0.05, 0) is 24.6 Å². The summed E-state index contributed by atoms with van der Waals surface area (Å²) < 4.78 is 1.46. The second-order valence-corrected chi connectivity index (χ2v) is 6.36. The van der Waals surface area contributed by atoms with Crippen LogP contribution in [0.1, 0.15) is 29.0 Å². The number of aromatic nitrogens is 3. The van der Waals surface area contributed by atoms with Crippen LogP contribution in [0.25, 0.3) is 4.96 Å². The number of aliphatic hydroxyl groups is 1. The van der Waals surface area contributed by atoms with Gasteiger partial charge in [-0.15, -0.1) is 0 Å². The third-order valence-corrected chi connectivity index (χ3v) is 5.12. The van der Waals surface area contributed by atoms with Crippen LogP contribution < -0.4 is 0 Å². The molecule has 6 nitrogen and oxygen atoms in total. The summed E-state index contributed by atoms with van der Waals surface area (Å²) in [6, 6.07) is 7.98. The molecule has 7 heteroatoms. The van der Waals surface area contributed by atoms with Crippen molar-refractivity contribution in [1.29, 1.82) is 0 Å². The van der Waals surface area contributed by atoms with E-state index >= 15 is 0 Å². The van der Waals surface area contributed by atoms with Gasteiger partial charge >= 0.3 is 0 Å². The number of nitrogens with zero attached hydrogens (tertiary/aromatic N) is 4. The first kappa shape index (κ1) is 15.9. The van der Waals surface area contributed by atoms with Crippen molar-refractivity contribution >= 4 is 16.3 Å². The molecule has 3 aromatic rings. The lowest BCUT2D eigenvalue weighted by atomic mass is 9.98. The van der Waals surface area contributed by atoms with Crippen LogP contribution in [0.5, 0.6) is 5.88 Å². The Bertz CT molecular complexity index is 798. The van der Waals surface area contributed by atoms with Gasteiger partial charge < -0.3 is 10.2 Å². The molecular formula is C16H20N4O2S.